The van der Waals surface area contributed by atoms with Gasteiger partial charge in [0.25, 0.3) is 0 Å². The predicted octanol–water partition coefficient (Wildman–Crippen LogP) is 5.21. The van der Waals surface area contributed by atoms with Crippen LogP contribution in [0.3, 0.4) is 0 Å². The van der Waals surface area contributed by atoms with Crippen LogP contribution >= 0.6 is 0 Å². The van der Waals surface area contributed by atoms with E-state index in [0.29, 0.717) is 23.3 Å². The lowest BCUT2D eigenvalue weighted by atomic mass is 9.65. The molecule has 0 radical (unpaired) electrons. The summed E-state index contributed by atoms with van der Waals surface area (Å²) in [6, 6.07) is 10.7. The molecule has 2 bridgehead atoms. The van der Waals surface area contributed by atoms with Gasteiger partial charge in [0, 0.05) is 19.0 Å². The summed E-state index contributed by atoms with van der Waals surface area (Å²) in [6.07, 6.45) is 4.38. The van der Waals surface area contributed by atoms with Gasteiger partial charge in [-0.15, -0.1) is 0 Å². The fourth-order valence-electron chi connectivity index (χ4n) is 5.62. The highest BCUT2D eigenvalue weighted by molar-refractivity contribution is 5.27. The van der Waals surface area contributed by atoms with E-state index in [4.69, 9.17) is 0 Å². The molecule has 3 rings (SSSR count). The van der Waals surface area contributed by atoms with E-state index >= 15 is 0 Å². The number of aliphatic hydroxyl groups is 1. The maximum absolute atomic E-state index is 11.5. The van der Waals surface area contributed by atoms with Crippen LogP contribution in [0, 0.1) is 28.1 Å². The van der Waals surface area contributed by atoms with E-state index in [1.54, 1.807) is 0 Å². The first kappa shape index (κ1) is 20.4. The fraction of sp³-hybridized carbons (Fsp3) is 0.680. The summed E-state index contributed by atoms with van der Waals surface area (Å²) in [5, 5.41) is 11.5. The fourth-order valence-corrected chi connectivity index (χ4v) is 5.62. The Labute approximate surface area is 166 Å². The van der Waals surface area contributed by atoms with Gasteiger partial charge in [0.05, 0.1) is 6.54 Å². The first-order valence-electron chi connectivity index (χ1n) is 10.4. The molecule has 2 heteroatoms. The van der Waals surface area contributed by atoms with Crippen LogP contribution in [0.4, 0.5) is 0 Å². The zero-order chi connectivity index (χ0) is 19.9. The Bertz CT molecular complexity index is 720. The van der Waals surface area contributed by atoms with Gasteiger partial charge in [0.2, 0.25) is 0 Å². The zero-order valence-electron chi connectivity index (χ0n) is 18.1. The quantitative estimate of drug-likeness (QED) is 0.741. The molecule has 0 aromatic heterocycles. The number of nitrogens with zero attached hydrogens (tertiary/aromatic N) is 1. The van der Waals surface area contributed by atoms with Crippen molar-refractivity contribution in [1.29, 1.82) is 0 Å². The summed E-state index contributed by atoms with van der Waals surface area (Å²) < 4.78 is 0. The predicted molar refractivity (Wildman–Crippen MR) is 113 cm³/mol. The Hall–Kier alpha value is -1.30. The van der Waals surface area contributed by atoms with Crippen molar-refractivity contribution in [1.82, 2.24) is 4.90 Å². The van der Waals surface area contributed by atoms with E-state index < -0.39 is 5.60 Å². The second-order valence-electron chi connectivity index (χ2n) is 11.1. The van der Waals surface area contributed by atoms with E-state index in [2.05, 4.69) is 58.3 Å². The molecule has 27 heavy (non-hydrogen) atoms. The van der Waals surface area contributed by atoms with Crippen LogP contribution in [0.25, 0.3) is 0 Å². The molecule has 2 fully saturated rings. The maximum Gasteiger partial charge on any atom is 0.105 e. The van der Waals surface area contributed by atoms with Gasteiger partial charge in [-0.05, 0) is 41.1 Å². The summed E-state index contributed by atoms with van der Waals surface area (Å²) >= 11 is 0. The van der Waals surface area contributed by atoms with Gasteiger partial charge in [-0.2, -0.15) is 0 Å². The van der Waals surface area contributed by atoms with E-state index in [9.17, 15) is 5.11 Å². The van der Waals surface area contributed by atoms with Gasteiger partial charge in [-0.3, -0.25) is 4.90 Å². The minimum absolute atomic E-state index is 0.273. The summed E-state index contributed by atoms with van der Waals surface area (Å²) in [4.78, 5) is 2.58. The summed E-state index contributed by atoms with van der Waals surface area (Å²) in [5.74, 6) is 6.73. The molecule has 1 aromatic rings. The van der Waals surface area contributed by atoms with Crippen LogP contribution in [0.5, 0.6) is 0 Å². The molecule has 2 nitrogen and oxygen atoms in total. The second-order valence-corrected chi connectivity index (χ2v) is 11.1. The van der Waals surface area contributed by atoms with Gasteiger partial charge in [0.1, 0.15) is 5.60 Å². The maximum atomic E-state index is 11.5. The summed E-state index contributed by atoms with van der Waals surface area (Å²) in [7, 11) is 0. The molecule has 1 saturated heterocycles. The highest BCUT2D eigenvalue weighted by Crippen LogP contribution is 2.52. The van der Waals surface area contributed by atoms with Crippen LogP contribution in [0.15, 0.2) is 30.3 Å². The highest BCUT2D eigenvalue weighted by atomic mass is 16.3. The van der Waals surface area contributed by atoms with Crippen LogP contribution < -0.4 is 0 Å². The Kier molecular flexibility index (Phi) is 5.26. The third kappa shape index (κ3) is 4.25. The Morgan fingerprint density at radius 1 is 1.07 bits per heavy atom. The topological polar surface area (TPSA) is 23.5 Å². The van der Waals surface area contributed by atoms with Crippen LogP contribution in [-0.4, -0.2) is 29.1 Å². The number of hydrogen-bond donors (Lipinski definition) is 1. The van der Waals surface area contributed by atoms with Crippen molar-refractivity contribution in [2.45, 2.75) is 78.9 Å². The molecular formula is C25H37NO. The van der Waals surface area contributed by atoms with Gasteiger partial charge >= 0.3 is 0 Å². The molecule has 0 unspecified atom stereocenters. The van der Waals surface area contributed by atoms with E-state index in [0.717, 1.165) is 18.7 Å². The molecule has 1 aliphatic carbocycles. The van der Waals surface area contributed by atoms with Gasteiger partial charge in [0.15, 0.2) is 0 Å². The van der Waals surface area contributed by atoms with Crippen molar-refractivity contribution in [2.75, 3.05) is 13.1 Å². The van der Waals surface area contributed by atoms with E-state index in [1.165, 1.54) is 19.3 Å². The van der Waals surface area contributed by atoms with Gasteiger partial charge in [-0.1, -0.05) is 83.7 Å². The first-order valence-corrected chi connectivity index (χ1v) is 10.4. The lowest BCUT2D eigenvalue weighted by Crippen LogP contribution is -2.39. The molecule has 0 spiro atoms. The van der Waals surface area contributed by atoms with Crippen molar-refractivity contribution < 1.29 is 5.11 Å². The number of fused-ring (bicyclic) bond motifs is 2. The Morgan fingerprint density at radius 3 is 2.37 bits per heavy atom. The van der Waals surface area contributed by atoms with E-state index in [-0.39, 0.29) is 5.41 Å². The van der Waals surface area contributed by atoms with Crippen LogP contribution in [0.2, 0.25) is 0 Å². The largest absolute Gasteiger partial charge is 0.384 e. The highest BCUT2D eigenvalue weighted by Gasteiger charge is 2.49. The van der Waals surface area contributed by atoms with Crippen molar-refractivity contribution in [3.8, 4) is 11.8 Å². The molecule has 0 amide bonds. The van der Waals surface area contributed by atoms with Crippen LogP contribution in [-0.2, 0) is 5.60 Å². The average Bonchev–Trinajstić information content (AvgIpc) is 2.79. The third-order valence-electron chi connectivity index (χ3n) is 6.77. The monoisotopic (exact) mass is 367 g/mol. The Balaban J connectivity index is 1.69. The minimum atomic E-state index is -0.934. The Morgan fingerprint density at radius 2 is 1.74 bits per heavy atom. The molecule has 1 heterocycles. The van der Waals surface area contributed by atoms with Gasteiger partial charge < -0.3 is 5.11 Å². The van der Waals surface area contributed by atoms with Crippen LogP contribution in [0.1, 0.15) is 72.8 Å². The third-order valence-corrected chi connectivity index (χ3v) is 6.77. The minimum Gasteiger partial charge on any atom is -0.384 e. The molecule has 1 aromatic carbocycles. The second kappa shape index (κ2) is 6.94. The zero-order valence-corrected chi connectivity index (χ0v) is 18.1. The molecule has 1 saturated carbocycles. The van der Waals surface area contributed by atoms with E-state index in [1.807, 2.05) is 30.3 Å². The lowest BCUT2D eigenvalue weighted by molar-refractivity contribution is -0.0599. The van der Waals surface area contributed by atoms with Crippen molar-refractivity contribution in [3.05, 3.63) is 35.9 Å². The molecule has 1 aliphatic heterocycles. The molecule has 1 N–H and O–H groups in total. The van der Waals surface area contributed by atoms with Crippen molar-refractivity contribution >= 4 is 0 Å². The molecule has 3 atom stereocenters. The summed E-state index contributed by atoms with van der Waals surface area (Å²) in [6.45, 7) is 15.5. The van der Waals surface area contributed by atoms with Gasteiger partial charge in [-0.25, -0.2) is 0 Å². The number of hydrogen-bond acceptors (Lipinski definition) is 2. The standard InChI is InChI=1S/C25H37NO/c1-22(2,3)25(27,20-12-8-7-9-13-20)14-10-11-15-26-19-24(6)17-21(26)16-23(4,5)18-24/h7-9,12-13,21,27H,14-19H2,1-6H3/t21-,24+,25+/m1/s1. The number of rotatable bonds is 3. The molecular weight excluding hydrogens is 330 g/mol. The lowest BCUT2D eigenvalue weighted by Gasteiger charge is -2.40. The smallest absolute Gasteiger partial charge is 0.105 e. The molecule has 148 valence electrons. The number of benzene rings is 1. The van der Waals surface area contributed by atoms with Crippen molar-refractivity contribution in [3.63, 3.8) is 0 Å². The molecule has 2 aliphatic rings. The van der Waals surface area contributed by atoms with Crippen molar-refractivity contribution in [2.24, 2.45) is 16.2 Å². The SMILES string of the molecule is CC1(C)C[C@@H]2C[C@](C)(CN2CC#CC[C@](O)(c2ccccc2)C(C)(C)C)C1. The average molecular weight is 368 g/mol. The number of likely N-dealkylation sites (tertiary alicyclic amines) is 1. The first-order chi connectivity index (χ1) is 12.4. The normalized spacial score (nSPS) is 29.7. The summed E-state index contributed by atoms with van der Waals surface area (Å²) in [5.41, 5.74) is 0.642.